The lowest BCUT2D eigenvalue weighted by Gasteiger charge is -2.32. The fourth-order valence-electron chi connectivity index (χ4n) is 7.39. The van der Waals surface area contributed by atoms with Crippen molar-refractivity contribution in [3.05, 3.63) is 118 Å². The zero-order valence-corrected chi connectivity index (χ0v) is 29.1. The molecule has 2 N–H and O–H groups in total. The lowest BCUT2D eigenvalue weighted by atomic mass is 9.85. The first-order valence-electron chi connectivity index (χ1n) is 17.6. The van der Waals surface area contributed by atoms with E-state index in [4.69, 9.17) is 0 Å². The minimum atomic E-state index is -2.95. The van der Waals surface area contributed by atoms with Crippen molar-refractivity contribution in [2.45, 2.75) is 70.4 Å². The predicted molar refractivity (Wildman–Crippen MR) is 190 cm³/mol. The summed E-state index contributed by atoms with van der Waals surface area (Å²) in [6, 6.07) is 14.7. The zero-order chi connectivity index (χ0) is 37.4. The summed E-state index contributed by atoms with van der Waals surface area (Å²) in [4.78, 5) is 30.6. The number of aromatic nitrogens is 3. The fraction of sp³-hybridized carbons (Fsp3) is 0.325. The van der Waals surface area contributed by atoms with Crippen molar-refractivity contribution in [3.63, 3.8) is 0 Å². The van der Waals surface area contributed by atoms with E-state index >= 15 is 8.78 Å². The van der Waals surface area contributed by atoms with E-state index in [1.54, 1.807) is 50.4 Å². The van der Waals surface area contributed by atoms with Gasteiger partial charge in [-0.05, 0) is 93.6 Å². The molecule has 2 saturated heterocycles. The number of rotatable bonds is 9. The van der Waals surface area contributed by atoms with Crippen LogP contribution in [0.2, 0.25) is 0 Å². The van der Waals surface area contributed by atoms with Crippen molar-refractivity contribution < 1.29 is 31.5 Å². The molecule has 0 radical (unpaired) electrons. The number of carbonyl (C=O) groups is 2. The third kappa shape index (κ3) is 7.48. The molecule has 0 bridgehead atoms. The van der Waals surface area contributed by atoms with E-state index in [9.17, 15) is 22.8 Å². The number of fused-ring (bicyclic) bond motifs is 1. The number of nitrogens with zero attached hydrogens (tertiary/aromatic N) is 4. The summed E-state index contributed by atoms with van der Waals surface area (Å²) in [5, 5.41) is 15.3. The summed E-state index contributed by atoms with van der Waals surface area (Å²) in [5.74, 6) is -2.69. The summed E-state index contributed by atoms with van der Waals surface area (Å²) in [5.41, 5.74) is 2.83. The number of carbonyl (C=O) groups excluding carboxylic acids is 2. The van der Waals surface area contributed by atoms with E-state index < -0.39 is 35.7 Å². The van der Waals surface area contributed by atoms with Crippen molar-refractivity contribution in [3.8, 4) is 11.3 Å². The molecule has 4 heterocycles. The Labute approximate surface area is 302 Å². The third-order valence-corrected chi connectivity index (χ3v) is 10.4. The second-order valence-corrected chi connectivity index (χ2v) is 13.8. The Kier molecular flexibility index (Phi) is 10.2. The highest BCUT2D eigenvalue weighted by Gasteiger charge is 2.30. The molecule has 5 aromatic rings. The summed E-state index contributed by atoms with van der Waals surface area (Å²) < 4.78 is 72.2. The van der Waals surface area contributed by atoms with Crippen LogP contribution in [-0.4, -0.2) is 45.0 Å². The standard InChI is InChI=1S/C40H37F5N6O2/c1-21(27-4-3-5-30(37(27)43)38(44)45)47-39-31-18-35(46-19-32(31)22(2)49-50-39)25-7-10-33(41)26(16-25)20-51-14-12-23(13-15-51)28-8-6-24(17-34(28)42)29-9-11-36(52)48-40(29)53/h3-8,10,16-19,21,23,29,38H,9,11-15,20H2,1-2H3,(H,47,50)(H,48,52,53). The Morgan fingerprint density at radius 3 is 2.42 bits per heavy atom. The van der Waals surface area contributed by atoms with E-state index in [1.165, 1.54) is 24.3 Å². The molecular formula is C40H37F5N6O2. The van der Waals surface area contributed by atoms with Gasteiger partial charge in [-0.25, -0.2) is 22.0 Å². The SMILES string of the molecule is Cc1nnc(NC(C)c2cccc(C(F)F)c2F)c2cc(-c3ccc(F)c(CN4CCC(c5ccc(C6CCC(=O)NC6=O)cc5F)CC4)c3)ncc12. The third-order valence-electron chi connectivity index (χ3n) is 10.4. The largest absolute Gasteiger partial charge is 0.361 e. The highest BCUT2D eigenvalue weighted by molar-refractivity contribution is 6.01. The van der Waals surface area contributed by atoms with Crippen LogP contribution in [0, 0.1) is 24.4 Å². The lowest BCUT2D eigenvalue weighted by Crippen LogP contribution is -2.39. The maximum absolute atomic E-state index is 15.3. The normalized spacial score (nSPS) is 17.7. The van der Waals surface area contributed by atoms with Crippen LogP contribution in [0.3, 0.4) is 0 Å². The lowest BCUT2D eigenvalue weighted by molar-refractivity contribution is -0.134. The smallest absolute Gasteiger partial charge is 0.266 e. The van der Waals surface area contributed by atoms with E-state index in [2.05, 4.69) is 30.7 Å². The molecule has 0 spiro atoms. The van der Waals surface area contributed by atoms with E-state index in [0.717, 1.165) is 6.07 Å². The van der Waals surface area contributed by atoms with Gasteiger partial charge in [0.2, 0.25) is 11.8 Å². The average Bonchev–Trinajstić information content (AvgIpc) is 3.14. The van der Waals surface area contributed by atoms with Gasteiger partial charge < -0.3 is 5.32 Å². The maximum atomic E-state index is 15.3. The first-order valence-corrected chi connectivity index (χ1v) is 17.6. The molecule has 7 rings (SSSR count). The number of nitrogens with one attached hydrogen (secondary N) is 2. The Morgan fingerprint density at radius 2 is 1.68 bits per heavy atom. The van der Waals surface area contributed by atoms with Crippen molar-refractivity contribution in [2.75, 3.05) is 18.4 Å². The molecule has 274 valence electrons. The summed E-state index contributed by atoms with van der Waals surface area (Å²) >= 11 is 0. The number of halogens is 5. The zero-order valence-electron chi connectivity index (χ0n) is 29.1. The van der Waals surface area contributed by atoms with Gasteiger partial charge in [0.15, 0.2) is 5.82 Å². The molecule has 2 aliphatic heterocycles. The van der Waals surface area contributed by atoms with Gasteiger partial charge in [0.05, 0.1) is 28.9 Å². The van der Waals surface area contributed by atoms with Gasteiger partial charge >= 0.3 is 0 Å². The number of amides is 2. The predicted octanol–water partition coefficient (Wildman–Crippen LogP) is 8.43. The number of pyridine rings is 1. The molecule has 3 aromatic carbocycles. The molecule has 13 heteroatoms. The number of piperidine rings is 2. The number of hydrogen-bond donors (Lipinski definition) is 2. The van der Waals surface area contributed by atoms with Crippen LogP contribution in [0.25, 0.3) is 22.0 Å². The highest BCUT2D eigenvalue weighted by atomic mass is 19.3. The average molecular weight is 729 g/mol. The molecule has 2 aliphatic rings. The Morgan fingerprint density at radius 1 is 0.906 bits per heavy atom. The number of anilines is 1. The van der Waals surface area contributed by atoms with Gasteiger partial charge in [0.25, 0.3) is 6.43 Å². The summed E-state index contributed by atoms with van der Waals surface area (Å²) in [6.45, 7) is 5.02. The Hall–Kier alpha value is -5.30. The number of imide groups is 1. The molecule has 2 atom stereocenters. The van der Waals surface area contributed by atoms with Crippen LogP contribution >= 0.6 is 0 Å². The van der Waals surface area contributed by atoms with Gasteiger partial charge in [0, 0.05) is 46.6 Å². The highest BCUT2D eigenvalue weighted by Crippen LogP contribution is 2.35. The van der Waals surface area contributed by atoms with Crippen LogP contribution in [-0.2, 0) is 16.1 Å². The van der Waals surface area contributed by atoms with Crippen LogP contribution in [0.4, 0.5) is 27.8 Å². The van der Waals surface area contributed by atoms with Crippen molar-refractivity contribution in [1.82, 2.24) is 25.4 Å². The minimum absolute atomic E-state index is 0.0261. The van der Waals surface area contributed by atoms with E-state index in [1.807, 2.05) is 0 Å². The van der Waals surface area contributed by atoms with Crippen LogP contribution in [0.15, 0.2) is 66.9 Å². The molecule has 53 heavy (non-hydrogen) atoms. The first kappa shape index (κ1) is 36.1. The van der Waals surface area contributed by atoms with Gasteiger partial charge in [-0.1, -0.05) is 30.3 Å². The first-order chi connectivity index (χ1) is 25.5. The summed E-state index contributed by atoms with van der Waals surface area (Å²) in [7, 11) is 0. The Bertz CT molecular complexity index is 2210. The van der Waals surface area contributed by atoms with E-state index in [-0.39, 0.29) is 35.4 Å². The topological polar surface area (TPSA) is 100 Å². The van der Waals surface area contributed by atoms with Gasteiger partial charge in [-0.3, -0.25) is 24.8 Å². The van der Waals surface area contributed by atoms with E-state index in [0.29, 0.717) is 89.1 Å². The summed E-state index contributed by atoms with van der Waals surface area (Å²) in [6.07, 6.45) is 0.618. The quantitative estimate of drug-likeness (QED) is 0.116. The second-order valence-electron chi connectivity index (χ2n) is 13.8. The van der Waals surface area contributed by atoms with Crippen LogP contribution < -0.4 is 10.6 Å². The van der Waals surface area contributed by atoms with Crippen molar-refractivity contribution >= 4 is 28.4 Å². The molecule has 2 fully saturated rings. The Balaban J connectivity index is 1.05. The number of aryl methyl sites for hydroxylation is 1. The minimum Gasteiger partial charge on any atom is -0.361 e. The molecule has 2 unspecified atom stereocenters. The van der Waals surface area contributed by atoms with Gasteiger partial charge in [-0.15, -0.1) is 5.10 Å². The fourth-order valence-corrected chi connectivity index (χ4v) is 7.39. The number of alkyl halides is 2. The maximum Gasteiger partial charge on any atom is 0.266 e. The second kappa shape index (κ2) is 15.0. The van der Waals surface area contributed by atoms with Gasteiger partial charge in [-0.2, -0.15) is 5.10 Å². The van der Waals surface area contributed by atoms with Gasteiger partial charge in [0.1, 0.15) is 17.5 Å². The molecular weight excluding hydrogens is 691 g/mol. The van der Waals surface area contributed by atoms with Crippen LogP contribution in [0.1, 0.15) is 90.4 Å². The molecule has 2 aromatic heterocycles. The number of hydrogen-bond acceptors (Lipinski definition) is 7. The van der Waals surface area contributed by atoms with Crippen molar-refractivity contribution in [1.29, 1.82) is 0 Å². The number of benzene rings is 3. The molecule has 0 saturated carbocycles. The van der Waals surface area contributed by atoms with Crippen molar-refractivity contribution in [2.24, 2.45) is 0 Å². The molecule has 0 aliphatic carbocycles. The monoisotopic (exact) mass is 728 g/mol. The van der Waals surface area contributed by atoms with Crippen LogP contribution in [0.5, 0.6) is 0 Å². The molecule has 2 amide bonds. The number of likely N-dealkylation sites (tertiary alicyclic amines) is 1. The molecule has 8 nitrogen and oxygen atoms in total.